The fourth-order valence-corrected chi connectivity index (χ4v) is 1.53. The summed E-state index contributed by atoms with van der Waals surface area (Å²) in [5, 5.41) is 2.76. The third-order valence-corrected chi connectivity index (χ3v) is 3.40. The number of hydrogen-bond acceptors (Lipinski definition) is 2. The van der Waals surface area contributed by atoms with Gasteiger partial charge in [0.25, 0.3) is 0 Å². The van der Waals surface area contributed by atoms with Crippen LogP contribution in [0, 0.1) is 13.8 Å². The number of rotatable bonds is 2. The fourth-order valence-electron chi connectivity index (χ4n) is 1.22. The molecule has 0 unspecified atom stereocenters. The van der Waals surface area contributed by atoms with Gasteiger partial charge >= 0.3 is 0 Å². The van der Waals surface area contributed by atoms with Gasteiger partial charge in [-0.2, -0.15) is 12.6 Å². The first kappa shape index (κ1) is 11.6. The van der Waals surface area contributed by atoms with Gasteiger partial charge in [0.1, 0.15) is 0 Å². The van der Waals surface area contributed by atoms with Crippen molar-refractivity contribution < 1.29 is 4.79 Å². The highest BCUT2D eigenvalue weighted by Crippen LogP contribution is 2.24. The molecular weight excluding hydrogens is 262 g/mol. The Kier molecular flexibility index (Phi) is 4.01. The molecule has 4 heteroatoms. The SMILES string of the molecule is Cc1cc(NC(=O)CS)cc(C)c1Br. The Hall–Kier alpha value is -0.480. The Balaban J connectivity index is 2.95. The number of aryl methyl sites for hydroxylation is 2. The molecule has 0 saturated carbocycles. The van der Waals surface area contributed by atoms with Crippen LogP contribution in [0.3, 0.4) is 0 Å². The number of benzene rings is 1. The Bertz CT molecular complexity index is 342. The Morgan fingerprint density at radius 1 is 1.43 bits per heavy atom. The average Bonchev–Trinajstić information content (AvgIpc) is 2.14. The second-order valence-electron chi connectivity index (χ2n) is 3.13. The summed E-state index contributed by atoms with van der Waals surface area (Å²) in [5.41, 5.74) is 3.04. The maximum absolute atomic E-state index is 11.1. The van der Waals surface area contributed by atoms with E-state index in [9.17, 15) is 4.79 Å². The van der Waals surface area contributed by atoms with Crippen LogP contribution in [0.1, 0.15) is 11.1 Å². The number of amides is 1. The Morgan fingerprint density at radius 3 is 2.36 bits per heavy atom. The van der Waals surface area contributed by atoms with Gasteiger partial charge in [0.15, 0.2) is 0 Å². The molecule has 0 aliphatic heterocycles. The molecule has 0 radical (unpaired) electrons. The van der Waals surface area contributed by atoms with Crippen LogP contribution < -0.4 is 5.32 Å². The number of anilines is 1. The minimum absolute atomic E-state index is 0.0885. The molecule has 14 heavy (non-hydrogen) atoms. The van der Waals surface area contributed by atoms with Crippen molar-refractivity contribution in [2.45, 2.75) is 13.8 Å². The number of hydrogen-bond donors (Lipinski definition) is 2. The first-order chi connectivity index (χ1) is 6.54. The van der Waals surface area contributed by atoms with Crippen LogP contribution in [0.25, 0.3) is 0 Å². The van der Waals surface area contributed by atoms with Gasteiger partial charge in [0.2, 0.25) is 5.91 Å². The van der Waals surface area contributed by atoms with Gasteiger partial charge in [-0.1, -0.05) is 15.9 Å². The van der Waals surface area contributed by atoms with E-state index in [1.165, 1.54) is 0 Å². The highest BCUT2D eigenvalue weighted by atomic mass is 79.9. The molecule has 0 fully saturated rings. The zero-order chi connectivity index (χ0) is 10.7. The predicted molar refractivity (Wildman–Crippen MR) is 66.1 cm³/mol. The molecule has 0 atom stereocenters. The van der Waals surface area contributed by atoms with Crippen molar-refractivity contribution in [2.75, 3.05) is 11.1 Å². The van der Waals surface area contributed by atoms with Gasteiger partial charge in [-0.25, -0.2) is 0 Å². The zero-order valence-corrected chi connectivity index (χ0v) is 10.6. The topological polar surface area (TPSA) is 29.1 Å². The van der Waals surface area contributed by atoms with Gasteiger partial charge in [0, 0.05) is 10.2 Å². The van der Waals surface area contributed by atoms with Crippen LogP contribution in [-0.2, 0) is 4.79 Å². The molecule has 0 bridgehead atoms. The van der Waals surface area contributed by atoms with Crippen molar-refractivity contribution in [3.63, 3.8) is 0 Å². The Morgan fingerprint density at radius 2 is 1.93 bits per heavy atom. The van der Waals surface area contributed by atoms with Crippen LogP contribution >= 0.6 is 28.6 Å². The van der Waals surface area contributed by atoms with Crippen LogP contribution in [0.5, 0.6) is 0 Å². The number of thiol groups is 1. The second-order valence-corrected chi connectivity index (χ2v) is 4.24. The zero-order valence-electron chi connectivity index (χ0n) is 8.10. The molecule has 0 saturated heterocycles. The second kappa shape index (κ2) is 4.84. The summed E-state index contributed by atoms with van der Waals surface area (Å²) in [6, 6.07) is 3.86. The third-order valence-electron chi connectivity index (χ3n) is 1.86. The monoisotopic (exact) mass is 273 g/mol. The molecule has 76 valence electrons. The van der Waals surface area contributed by atoms with Crippen molar-refractivity contribution >= 4 is 40.2 Å². The minimum Gasteiger partial charge on any atom is -0.325 e. The molecular formula is C10H12BrNOS. The molecule has 1 aromatic rings. The number of nitrogens with one attached hydrogen (secondary N) is 1. The molecule has 0 aromatic heterocycles. The van der Waals surface area contributed by atoms with Gasteiger partial charge in [-0.15, -0.1) is 0 Å². The van der Waals surface area contributed by atoms with Crippen LogP contribution in [0.15, 0.2) is 16.6 Å². The van der Waals surface area contributed by atoms with Crippen molar-refractivity contribution in [2.24, 2.45) is 0 Å². The standard InChI is InChI=1S/C10H12BrNOS/c1-6-3-8(12-9(13)5-14)4-7(2)10(6)11/h3-4,14H,5H2,1-2H3,(H,12,13). The van der Waals surface area contributed by atoms with E-state index in [2.05, 4.69) is 33.9 Å². The van der Waals surface area contributed by atoms with Crippen LogP contribution in [-0.4, -0.2) is 11.7 Å². The minimum atomic E-state index is -0.0885. The molecule has 1 amide bonds. The summed E-state index contributed by atoms with van der Waals surface area (Å²) in [5.74, 6) is 0.114. The fraction of sp³-hybridized carbons (Fsp3) is 0.300. The van der Waals surface area contributed by atoms with E-state index in [-0.39, 0.29) is 11.7 Å². The van der Waals surface area contributed by atoms with E-state index in [0.29, 0.717) is 0 Å². The Labute approximate surface area is 97.6 Å². The largest absolute Gasteiger partial charge is 0.325 e. The van der Waals surface area contributed by atoms with Crippen molar-refractivity contribution in [1.82, 2.24) is 0 Å². The molecule has 1 aromatic carbocycles. The van der Waals surface area contributed by atoms with Crippen molar-refractivity contribution in [1.29, 1.82) is 0 Å². The molecule has 0 aliphatic carbocycles. The number of carbonyl (C=O) groups excluding carboxylic acids is 1. The van der Waals surface area contributed by atoms with Crippen molar-refractivity contribution in [3.8, 4) is 0 Å². The summed E-state index contributed by atoms with van der Waals surface area (Å²) in [6.07, 6.45) is 0. The third kappa shape index (κ3) is 2.75. The van der Waals surface area contributed by atoms with E-state index < -0.39 is 0 Å². The van der Waals surface area contributed by atoms with Crippen molar-refractivity contribution in [3.05, 3.63) is 27.7 Å². The lowest BCUT2D eigenvalue weighted by Crippen LogP contribution is -2.12. The smallest absolute Gasteiger partial charge is 0.234 e. The van der Waals surface area contributed by atoms with Crippen LogP contribution in [0.2, 0.25) is 0 Å². The summed E-state index contributed by atoms with van der Waals surface area (Å²) in [6.45, 7) is 3.99. The molecule has 1 N–H and O–H groups in total. The lowest BCUT2D eigenvalue weighted by molar-refractivity contribution is -0.113. The van der Waals surface area contributed by atoms with Gasteiger partial charge < -0.3 is 5.32 Å². The molecule has 2 nitrogen and oxygen atoms in total. The maximum atomic E-state index is 11.1. The first-order valence-electron chi connectivity index (χ1n) is 4.22. The predicted octanol–water partition coefficient (Wildman–Crippen LogP) is 2.93. The van der Waals surface area contributed by atoms with Crippen LogP contribution in [0.4, 0.5) is 5.69 Å². The number of carbonyl (C=O) groups is 1. The van der Waals surface area contributed by atoms with Gasteiger partial charge in [0.05, 0.1) is 5.75 Å². The highest BCUT2D eigenvalue weighted by Gasteiger charge is 2.04. The summed E-state index contributed by atoms with van der Waals surface area (Å²) < 4.78 is 1.08. The van der Waals surface area contributed by atoms with E-state index in [4.69, 9.17) is 0 Å². The van der Waals surface area contributed by atoms with E-state index in [0.717, 1.165) is 21.3 Å². The van der Waals surface area contributed by atoms with Gasteiger partial charge in [-0.05, 0) is 37.1 Å². The highest BCUT2D eigenvalue weighted by molar-refractivity contribution is 9.10. The quantitative estimate of drug-likeness (QED) is 0.798. The molecule has 0 aliphatic rings. The van der Waals surface area contributed by atoms with Gasteiger partial charge in [-0.3, -0.25) is 4.79 Å². The lowest BCUT2D eigenvalue weighted by Gasteiger charge is -2.08. The average molecular weight is 274 g/mol. The maximum Gasteiger partial charge on any atom is 0.234 e. The summed E-state index contributed by atoms with van der Waals surface area (Å²) in [7, 11) is 0. The van der Waals surface area contributed by atoms with E-state index >= 15 is 0 Å². The lowest BCUT2D eigenvalue weighted by atomic mass is 10.1. The molecule has 0 spiro atoms. The molecule has 0 heterocycles. The normalized spacial score (nSPS) is 10.0. The summed E-state index contributed by atoms with van der Waals surface area (Å²) >= 11 is 7.37. The summed E-state index contributed by atoms with van der Waals surface area (Å²) in [4.78, 5) is 11.1. The first-order valence-corrected chi connectivity index (χ1v) is 5.64. The van der Waals surface area contributed by atoms with E-state index in [1.807, 2.05) is 26.0 Å². The van der Waals surface area contributed by atoms with E-state index in [1.54, 1.807) is 0 Å². The number of halogens is 1. The molecule has 1 rings (SSSR count).